The molecule has 2 N–H and O–H groups in total. The Hall–Kier alpha value is -3.32. The minimum atomic E-state index is -0.628. The zero-order valence-electron chi connectivity index (χ0n) is 18.6. The first kappa shape index (κ1) is 24.8. The first-order valence-corrected chi connectivity index (χ1v) is 11.8. The second-order valence-electron chi connectivity index (χ2n) is 7.89. The summed E-state index contributed by atoms with van der Waals surface area (Å²) in [7, 11) is 0. The number of anilines is 2. The van der Waals surface area contributed by atoms with Gasteiger partial charge in [0.25, 0.3) is 11.8 Å². The van der Waals surface area contributed by atoms with E-state index in [0.717, 1.165) is 16.0 Å². The number of rotatable bonds is 7. The predicted molar refractivity (Wildman–Crippen MR) is 139 cm³/mol. The molecule has 0 atom stereocenters. The molecule has 6 nitrogen and oxygen atoms in total. The summed E-state index contributed by atoms with van der Waals surface area (Å²) in [5, 5.41) is 6.60. The molecule has 0 spiro atoms. The number of halogens is 3. The van der Waals surface area contributed by atoms with Crippen LogP contribution in [0.15, 0.2) is 77.5 Å². The van der Waals surface area contributed by atoms with Crippen LogP contribution < -0.4 is 15.5 Å². The van der Waals surface area contributed by atoms with Crippen LogP contribution in [0.1, 0.15) is 16.7 Å². The van der Waals surface area contributed by atoms with Gasteiger partial charge in [-0.25, -0.2) is 4.90 Å². The van der Waals surface area contributed by atoms with E-state index in [9.17, 15) is 14.4 Å². The fourth-order valence-corrected chi connectivity index (χ4v) is 4.19. The minimum Gasteiger partial charge on any atom is -0.352 e. The van der Waals surface area contributed by atoms with Crippen LogP contribution in [0.3, 0.4) is 0 Å². The van der Waals surface area contributed by atoms with Gasteiger partial charge in [-0.05, 0) is 53.9 Å². The smallest absolute Gasteiger partial charge is 0.283 e. The Morgan fingerprint density at radius 1 is 0.857 bits per heavy atom. The Labute approximate surface area is 217 Å². The molecule has 9 heteroatoms. The van der Waals surface area contributed by atoms with E-state index in [-0.39, 0.29) is 23.1 Å². The van der Waals surface area contributed by atoms with Gasteiger partial charge in [-0.1, -0.05) is 71.2 Å². The topological polar surface area (TPSA) is 78.5 Å². The van der Waals surface area contributed by atoms with Crippen molar-refractivity contribution in [2.24, 2.45) is 0 Å². The third kappa shape index (κ3) is 5.35. The van der Waals surface area contributed by atoms with Crippen LogP contribution in [0.5, 0.6) is 0 Å². The van der Waals surface area contributed by atoms with Crippen LogP contribution in [0.2, 0.25) is 10.0 Å². The van der Waals surface area contributed by atoms with E-state index < -0.39 is 11.8 Å². The number of imide groups is 1. The molecule has 0 bridgehead atoms. The van der Waals surface area contributed by atoms with E-state index in [4.69, 9.17) is 34.8 Å². The van der Waals surface area contributed by atoms with E-state index in [1.54, 1.807) is 55.5 Å². The molecule has 3 aromatic carbocycles. The Bertz CT molecular complexity index is 1350. The Morgan fingerprint density at radius 3 is 2.26 bits per heavy atom. The zero-order chi connectivity index (χ0) is 25.1. The fourth-order valence-electron chi connectivity index (χ4n) is 3.60. The molecule has 1 heterocycles. The molecule has 1 aliphatic rings. The maximum atomic E-state index is 13.0. The first-order valence-electron chi connectivity index (χ1n) is 10.7. The SMILES string of the molecule is Cc1c(Cl)cccc1N1C(=O)C(Cl)=C(Nc2ccc(CC(=O)NCc3ccccc3Cl)cc2)C1=O. The highest BCUT2D eigenvalue weighted by molar-refractivity contribution is 6.53. The highest BCUT2D eigenvalue weighted by Crippen LogP contribution is 2.34. The highest BCUT2D eigenvalue weighted by Gasteiger charge is 2.39. The standard InChI is InChI=1S/C26H20Cl3N3O3/c1-15-19(27)7-4-8-21(15)32-25(34)23(29)24(26(32)35)31-18-11-9-16(10-12-18)13-22(33)30-14-17-5-2-3-6-20(17)28/h2-12,31H,13-14H2,1H3,(H,30,33). The quantitative estimate of drug-likeness (QED) is 0.392. The molecule has 1 aliphatic heterocycles. The van der Waals surface area contributed by atoms with Crippen molar-refractivity contribution in [3.63, 3.8) is 0 Å². The molecule has 0 saturated heterocycles. The lowest BCUT2D eigenvalue weighted by Crippen LogP contribution is -2.32. The van der Waals surface area contributed by atoms with Gasteiger partial charge in [0.05, 0.1) is 12.1 Å². The summed E-state index contributed by atoms with van der Waals surface area (Å²) in [6.45, 7) is 2.06. The average Bonchev–Trinajstić information content (AvgIpc) is 3.04. The fraction of sp³-hybridized carbons (Fsp3) is 0.115. The van der Waals surface area contributed by atoms with Crippen molar-refractivity contribution < 1.29 is 14.4 Å². The Balaban J connectivity index is 1.40. The van der Waals surface area contributed by atoms with Crippen molar-refractivity contribution in [1.82, 2.24) is 5.32 Å². The molecule has 0 aromatic heterocycles. The molecule has 4 rings (SSSR count). The molecular weight excluding hydrogens is 509 g/mol. The third-order valence-electron chi connectivity index (χ3n) is 5.53. The maximum absolute atomic E-state index is 13.0. The number of hydrogen-bond donors (Lipinski definition) is 2. The molecule has 0 radical (unpaired) electrons. The van der Waals surface area contributed by atoms with Crippen LogP contribution in [-0.4, -0.2) is 17.7 Å². The summed E-state index contributed by atoms with van der Waals surface area (Å²) in [4.78, 5) is 39.1. The lowest BCUT2D eigenvalue weighted by molar-refractivity contribution is -0.121. The predicted octanol–water partition coefficient (Wildman–Crippen LogP) is 5.60. The van der Waals surface area contributed by atoms with E-state index in [0.29, 0.717) is 33.5 Å². The van der Waals surface area contributed by atoms with Crippen LogP contribution >= 0.6 is 34.8 Å². The van der Waals surface area contributed by atoms with Crippen LogP contribution in [0, 0.1) is 6.92 Å². The number of benzene rings is 3. The second-order valence-corrected chi connectivity index (χ2v) is 9.08. The van der Waals surface area contributed by atoms with Gasteiger partial charge in [0, 0.05) is 22.3 Å². The average molecular weight is 529 g/mol. The maximum Gasteiger partial charge on any atom is 0.283 e. The Kier molecular flexibility index (Phi) is 7.45. The molecule has 0 unspecified atom stereocenters. The van der Waals surface area contributed by atoms with Crippen LogP contribution in [0.4, 0.5) is 11.4 Å². The Morgan fingerprint density at radius 2 is 1.54 bits per heavy atom. The van der Waals surface area contributed by atoms with Gasteiger partial charge in [0.2, 0.25) is 5.91 Å². The lowest BCUT2D eigenvalue weighted by atomic mass is 10.1. The van der Waals surface area contributed by atoms with E-state index in [1.807, 2.05) is 18.2 Å². The summed E-state index contributed by atoms with van der Waals surface area (Å²) < 4.78 is 0. The van der Waals surface area contributed by atoms with Crippen molar-refractivity contribution in [2.75, 3.05) is 10.2 Å². The van der Waals surface area contributed by atoms with Gasteiger partial charge < -0.3 is 10.6 Å². The monoisotopic (exact) mass is 527 g/mol. The van der Waals surface area contributed by atoms with Gasteiger partial charge in [-0.2, -0.15) is 0 Å². The lowest BCUT2D eigenvalue weighted by Gasteiger charge is -2.18. The number of nitrogens with zero attached hydrogens (tertiary/aromatic N) is 1. The number of amides is 3. The van der Waals surface area contributed by atoms with Crippen molar-refractivity contribution in [3.8, 4) is 0 Å². The molecule has 178 valence electrons. The van der Waals surface area contributed by atoms with Crippen molar-refractivity contribution in [2.45, 2.75) is 19.9 Å². The highest BCUT2D eigenvalue weighted by atomic mass is 35.5. The molecular formula is C26H20Cl3N3O3. The number of carbonyl (C=O) groups excluding carboxylic acids is 3. The van der Waals surface area contributed by atoms with Gasteiger partial charge in [-0.3, -0.25) is 14.4 Å². The number of nitrogens with one attached hydrogen (secondary N) is 2. The molecule has 3 aromatic rings. The van der Waals surface area contributed by atoms with Crippen LogP contribution in [-0.2, 0) is 27.3 Å². The molecule has 3 amide bonds. The molecule has 0 aliphatic carbocycles. The second kappa shape index (κ2) is 10.5. The molecule has 0 fully saturated rings. The van der Waals surface area contributed by atoms with Crippen molar-refractivity contribution in [3.05, 3.63) is 104 Å². The van der Waals surface area contributed by atoms with E-state index in [2.05, 4.69) is 10.6 Å². The van der Waals surface area contributed by atoms with Gasteiger partial charge in [0.15, 0.2) is 0 Å². The molecule has 35 heavy (non-hydrogen) atoms. The summed E-state index contributed by atoms with van der Waals surface area (Å²) in [5.41, 5.74) is 3.10. The normalized spacial score (nSPS) is 13.4. The summed E-state index contributed by atoms with van der Waals surface area (Å²) in [5.74, 6) is -1.36. The largest absolute Gasteiger partial charge is 0.352 e. The van der Waals surface area contributed by atoms with Gasteiger partial charge >= 0.3 is 0 Å². The van der Waals surface area contributed by atoms with Crippen molar-refractivity contribution >= 4 is 63.9 Å². The minimum absolute atomic E-state index is 0.0266. The summed E-state index contributed by atoms with van der Waals surface area (Å²) in [6.07, 6.45) is 0.174. The number of carbonyl (C=O) groups is 3. The first-order chi connectivity index (χ1) is 16.8. The van der Waals surface area contributed by atoms with E-state index in [1.165, 1.54) is 0 Å². The molecule has 0 saturated carbocycles. The third-order valence-corrected chi connectivity index (χ3v) is 6.66. The van der Waals surface area contributed by atoms with E-state index >= 15 is 0 Å². The summed E-state index contributed by atoms with van der Waals surface area (Å²) >= 11 is 18.5. The summed E-state index contributed by atoms with van der Waals surface area (Å²) in [6, 6.07) is 19.2. The zero-order valence-corrected chi connectivity index (χ0v) is 20.8. The number of hydrogen-bond acceptors (Lipinski definition) is 4. The van der Waals surface area contributed by atoms with Crippen molar-refractivity contribution in [1.29, 1.82) is 0 Å². The van der Waals surface area contributed by atoms with Crippen LogP contribution in [0.25, 0.3) is 0 Å². The van der Waals surface area contributed by atoms with Gasteiger partial charge in [-0.15, -0.1) is 0 Å². The van der Waals surface area contributed by atoms with Gasteiger partial charge in [0.1, 0.15) is 10.7 Å².